The number of carbonyl (C=O) groups is 1. The first-order valence-corrected chi connectivity index (χ1v) is 6.29. The van der Waals surface area contributed by atoms with Crippen LogP contribution in [0.2, 0.25) is 0 Å². The number of nitrogens with two attached hydrogens (primary N) is 1. The lowest BCUT2D eigenvalue weighted by Gasteiger charge is -2.13. The lowest BCUT2D eigenvalue weighted by atomic mass is 9.97. The zero-order chi connectivity index (χ0) is 12.8. The van der Waals surface area contributed by atoms with Gasteiger partial charge in [-0.1, -0.05) is 11.6 Å². The summed E-state index contributed by atoms with van der Waals surface area (Å²) in [6.07, 6.45) is 11.3. The van der Waals surface area contributed by atoms with Crippen molar-refractivity contribution in [1.82, 2.24) is 9.97 Å². The van der Waals surface area contributed by atoms with Gasteiger partial charge in [-0.2, -0.15) is 0 Å². The Hall–Kier alpha value is -1.91. The number of nitrogens with zero attached hydrogens (tertiary/aromatic N) is 2. The fraction of sp³-hybridized carbons (Fsp3) is 0.462. The van der Waals surface area contributed by atoms with Gasteiger partial charge in [0.2, 0.25) is 0 Å². The van der Waals surface area contributed by atoms with Gasteiger partial charge < -0.3 is 11.1 Å². The van der Waals surface area contributed by atoms with Crippen molar-refractivity contribution in [3.05, 3.63) is 29.7 Å². The Labute approximate surface area is 107 Å². The smallest absolute Gasteiger partial charge is 0.268 e. The van der Waals surface area contributed by atoms with Crippen LogP contribution in [0, 0.1) is 0 Å². The molecule has 5 nitrogen and oxygen atoms in total. The highest BCUT2D eigenvalue weighted by atomic mass is 16.1. The number of amides is 1. The second kappa shape index (κ2) is 6.14. The molecule has 0 radical (unpaired) electrons. The standard InChI is InChI=1S/C13H18N4O/c14-13(18)11-8-15-9-12(17-11)16-7-6-10-4-2-1-3-5-10/h4,8-9H,1-3,5-7H2,(H2,14,18)(H,16,17). The quantitative estimate of drug-likeness (QED) is 0.777. The third-order valence-corrected chi connectivity index (χ3v) is 3.02. The van der Waals surface area contributed by atoms with Gasteiger partial charge in [0.1, 0.15) is 11.5 Å². The van der Waals surface area contributed by atoms with E-state index in [0.29, 0.717) is 5.82 Å². The molecule has 0 unspecified atom stereocenters. The number of hydrogen-bond donors (Lipinski definition) is 2. The van der Waals surface area contributed by atoms with Crippen LogP contribution in [-0.2, 0) is 0 Å². The Bertz CT molecular complexity index is 456. The van der Waals surface area contributed by atoms with Crippen LogP contribution in [0.4, 0.5) is 5.82 Å². The van der Waals surface area contributed by atoms with Crippen molar-refractivity contribution in [3.63, 3.8) is 0 Å². The normalized spacial score (nSPS) is 15.0. The predicted molar refractivity (Wildman–Crippen MR) is 70.2 cm³/mol. The average Bonchev–Trinajstić information content (AvgIpc) is 2.40. The van der Waals surface area contributed by atoms with Crippen LogP contribution in [0.15, 0.2) is 24.0 Å². The summed E-state index contributed by atoms with van der Waals surface area (Å²) in [5.74, 6) is 0.0452. The molecule has 0 fully saturated rings. The number of hydrogen-bond acceptors (Lipinski definition) is 4. The summed E-state index contributed by atoms with van der Waals surface area (Å²) < 4.78 is 0. The molecule has 1 aliphatic carbocycles. The van der Waals surface area contributed by atoms with E-state index in [9.17, 15) is 4.79 Å². The SMILES string of the molecule is NC(=O)c1cncc(NCCC2=CCCCC2)n1. The van der Waals surface area contributed by atoms with Crippen molar-refractivity contribution < 1.29 is 4.79 Å². The molecule has 0 aliphatic heterocycles. The number of carbonyl (C=O) groups excluding carboxylic acids is 1. The van der Waals surface area contributed by atoms with Gasteiger partial charge in [0.05, 0.1) is 12.4 Å². The summed E-state index contributed by atoms with van der Waals surface area (Å²) in [5.41, 5.74) is 6.85. The largest absolute Gasteiger partial charge is 0.368 e. The highest BCUT2D eigenvalue weighted by molar-refractivity contribution is 5.90. The summed E-state index contributed by atoms with van der Waals surface area (Å²) in [5, 5.41) is 3.16. The van der Waals surface area contributed by atoms with Gasteiger partial charge in [0.25, 0.3) is 5.91 Å². The third kappa shape index (κ3) is 3.55. The molecule has 18 heavy (non-hydrogen) atoms. The highest BCUT2D eigenvalue weighted by Crippen LogP contribution is 2.19. The molecule has 0 spiro atoms. The maximum atomic E-state index is 11.0. The molecule has 0 atom stereocenters. The molecule has 96 valence electrons. The van der Waals surface area contributed by atoms with E-state index < -0.39 is 5.91 Å². The van der Waals surface area contributed by atoms with Crippen LogP contribution in [-0.4, -0.2) is 22.4 Å². The molecule has 1 aromatic heterocycles. The van der Waals surface area contributed by atoms with Crippen LogP contribution in [0.5, 0.6) is 0 Å². The van der Waals surface area contributed by atoms with Gasteiger partial charge >= 0.3 is 0 Å². The fourth-order valence-electron chi connectivity index (χ4n) is 2.05. The molecule has 0 saturated heterocycles. The Morgan fingerprint density at radius 2 is 2.28 bits per heavy atom. The molecular weight excluding hydrogens is 228 g/mol. The van der Waals surface area contributed by atoms with E-state index >= 15 is 0 Å². The molecule has 0 saturated carbocycles. The van der Waals surface area contributed by atoms with Crippen LogP contribution >= 0.6 is 0 Å². The minimum Gasteiger partial charge on any atom is -0.368 e. The van der Waals surface area contributed by atoms with E-state index in [1.54, 1.807) is 6.20 Å². The average molecular weight is 246 g/mol. The zero-order valence-corrected chi connectivity index (χ0v) is 10.4. The van der Waals surface area contributed by atoms with Gasteiger partial charge in [-0.3, -0.25) is 9.78 Å². The lowest BCUT2D eigenvalue weighted by Crippen LogP contribution is -2.15. The Morgan fingerprint density at radius 3 is 3.00 bits per heavy atom. The minimum absolute atomic E-state index is 0.192. The second-order valence-corrected chi connectivity index (χ2v) is 4.44. The molecule has 1 heterocycles. The minimum atomic E-state index is -0.555. The summed E-state index contributed by atoms with van der Waals surface area (Å²) >= 11 is 0. The molecule has 0 bridgehead atoms. The van der Waals surface area contributed by atoms with Gasteiger partial charge in [-0.05, 0) is 32.1 Å². The first kappa shape index (κ1) is 12.5. The van der Waals surface area contributed by atoms with Crippen molar-refractivity contribution in [2.24, 2.45) is 5.73 Å². The zero-order valence-electron chi connectivity index (χ0n) is 10.4. The number of anilines is 1. The predicted octanol–water partition coefficient (Wildman–Crippen LogP) is 1.88. The molecule has 1 aromatic rings. The van der Waals surface area contributed by atoms with E-state index in [0.717, 1.165) is 13.0 Å². The maximum absolute atomic E-state index is 11.0. The van der Waals surface area contributed by atoms with E-state index in [1.807, 2.05) is 0 Å². The molecular formula is C13H18N4O. The maximum Gasteiger partial charge on any atom is 0.268 e. The Morgan fingerprint density at radius 1 is 1.39 bits per heavy atom. The topological polar surface area (TPSA) is 80.9 Å². The molecule has 2 rings (SSSR count). The first-order chi connectivity index (χ1) is 8.75. The van der Waals surface area contributed by atoms with Gasteiger partial charge in [0, 0.05) is 6.54 Å². The molecule has 1 amide bonds. The van der Waals surface area contributed by atoms with Gasteiger partial charge in [0.15, 0.2) is 0 Å². The van der Waals surface area contributed by atoms with E-state index in [2.05, 4.69) is 21.4 Å². The summed E-state index contributed by atoms with van der Waals surface area (Å²) in [4.78, 5) is 19.0. The van der Waals surface area contributed by atoms with E-state index in [4.69, 9.17) is 5.73 Å². The number of aromatic nitrogens is 2. The Balaban J connectivity index is 1.84. The van der Waals surface area contributed by atoms with Crippen molar-refractivity contribution in [3.8, 4) is 0 Å². The third-order valence-electron chi connectivity index (χ3n) is 3.02. The molecule has 1 aliphatic rings. The second-order valence-electron chi connectivity index (χ2n) is 4.44. The number of primary amides is 1. The lowest BCUT2D eigenvalue weighted by molar-refractivity contribution is 0.0995. The van der Waals surface area contributed by atoms with Crippen LogP contribution < -0.4 is 11.1 Å². The number of allylic oxidation sites excluding steroid dienone is 1. The van der Waals surface area contributed by atoms with Crippen molar-refractivity contribution in [1.29, 1.82) is 0 Å². The monoisotopic (exact) mass is 246 g/mol. The van der Waals surface area contributed by atoms with Crippen LogP contribution in [0.25, 0.3) is 0 Å². The van der Waals surface area contributed by atoms with Crippen LogP contribution in [0.1, 0.15) is 42.6 Å². The van der Waals surface area contributed by atoms with Gasteiger partial charge in [-0.15, -0.1) is 0 Å². The Kier molecular flexibility index (Phi) is 4.28. The number of rotatable bonds is 5. The van der Waals surface area contributed by atoms with Crippen LogP contribution in [0.3, 0.4) is 0 Å². The van der Waals surface area contributed by atoms with Crippen molar-refractivity contribution in [2.75, 3.05) is 11.9 Å². The van der Waals surface area contributed by atoms with Gasteiger partial charge in [-0.25, -0.2) is 4.98 Å². The summed E-state index contributed by atoms with van der Waals surface area (Å²) in [7, 11) is 0. The fourth-order valence-corrected chi connectivity index (χ4v) is 2.05. The van der Waals surface area contributed by atoms with E-state index in [-0.39, 0.29) is 5.69 Å². The van der Waals surface area contributed by atoms with Crippen molar-refractivity contribution in [2.45, 2.75) is 32.1 Å². The number of nitrogens with one attached hydrogen (secondary N) is 1. The highest BCUT2D eigenvalue weighted by Gasteiger charge is 2.05. The van der Waals surface area contributed by atoms with Crippen molar-refractivity contribution >= 4 is 11.7 Å². The summed E-state index contributed by atoms with van der Waals surface area (Å²) in [6.45, 7) is 0.808. The van der Waals surface area contributed by atoms with E-state index in [1.165, 1.54) is 37.5 Å². The summed E-state index contributed by atoms with van der Waals surface area (Å²) in [6, 6.07) is 0. The molecule has 5 heteroatoms. The molecule has 0 aromatic carbocycles. The first-order valence-electron chi connectivity index (χ1n) is 6.29. The molecule has 3 N–H and O–H groups in total.